The van der Waals surface area contributed by atoms with Crippen LogP contribution in [-0.2, 0) is 0 Å². The van der Waals surface area contributed by atoms with E-state index in [1.54, 1.807) is 0 Å². The fourth-order valence-electron chi connectivity index (χ4n) is 3.44. The molecule has 0 N–H and O–H groups in total. The average molecular weight is 325 g/mol. The van der Waals surface area contributed by atoms with Crippen molar-refractivity contribution in [3.05, 3.63) is 94.6 Å². The summed E-state index contributed by atoms with van der Waals surface area (Å²) in [4.78, 5) is 0. The van der Waals surface area contributed by atoms with Gasteiger partial charge in [-0.3, -0.25) is 0 Å². The van der Waals surface area contributed by atoms with Crippen molar-refractivity contribution in [3.8, 4) is 0 Å². The lowest BCUT2D eigenvalue weighted by Crippen LogP contribution is -2.09. The maximum absolute atomic E-state index is 2.39. The van der Waals surface area contributed by atoms with Gasteiger partial charge in [0.1, 0.15) is 7.28 Å². The molecule has 0 nitrogen and oxygen atoms in total. The van der Waals surface area contributed by atoms with Crippen LogP contribution in [0.2, 0.25) is 6.82 Å². The molecular formula is C24H26B. The van der Waals surface area contributed by atoms with Gasteiger partial charge in [0.15, 0.2) is 0 Å². The third-order valence-corrected chi connectivity index (χ3v) is 4.87. The first-order valence-electron chi connectivity index (χ1n) is 9.30. The van der Waals surface area contributed by atoms with Crippen LogP contribution in [0.15, 0.2) is 77.9 Å². The van der Waals surface area contributed by atoms with Gasteiger partial charge in [-0.15, -0.1) is 0 Å². The van der Waals surface area contributed by atoms with Crippen molar-refractivity contribution in [3.63, 3.8) is 0 Å². The van der Waals surface area contributed by atoms with Gasteiger partial charge in [0.25, 0.3) is 0 Å². The van der Waals surface area contributed by atoms with E-state index in [9.17, 15) is 0 Å². The van der Waals surface area contributed by atoms with Gasteiger partial charge in [0.2, 0.25) is 0 Å². The Kier molecular flexibility index (Phi) is 5.76. The molecule has 1 radical (unpaired) electrons. The van der Waals surface area contributed by atoms with E-state index in [1.165, 1.54) is 38.9 Å². The summed E-state index contributed by atoms with van der Waals surface area (Å²) in [6, 6.07) is 17.9. The van der Waals surface area contributed by atoms with Crippen LogP contribution in [-0.4, -0.2) is 7.28 Å². The molecule has 0 atom stereocenters. The molecule has 1 heteroatoms. The second-order valence-corrected chi connectivity index (χ2v) is 6.62. The zero-order valence-corrected chi connectivity index (χ0v) is 15.5. The Hall–Kier alpha value is -2.28. The molecule has 125 valence electrons. The van der Waals surface area contributed by atoms with E-state index in [2.05, 4.69) is 94.7 Å². The van der Waals surface area contributed by atoms with Gasteiger partial charge < -0.3 is 0 Å². The summed E-state index contributed by atoms with van der Waals surface area (Å²) in [7, 11) is 2.15. The Morgan fingerprint density at radius 2 is 1.56 bits per heavy atom. The van der Waals surface area contributed by atoms with Crippen LogP contribution in [0.4, 0.5) is 0 Å². The lowest BCUT2D eigenvalue weighted by atomic mass is 9.73. The molecule has 2 aromatic carbocycles. The maximum Gasteiger partial charge on any atom is 0.148 e. The van der Waals surface area contributed by atoms with Gasteiger partial charge in [-0.1, -0.05) is 91.5 Å². The second-order valence-electron chi connectivity index (χ2n) is 6.62. The first kappa shape index (κ1) is 17.5. The monoisotopic (exact) mass is 325 g/mol. The highest BCUT2D eigenvalue weighted by molar-refractivity contribution is 6.51. The first-order chi connectivity index (χ1) is 12.2. The Morgan fingerprint density at radius 3 is 2.08 bits per heavy atom. The largest absolute Gasteiger partial charge is 0.148 e. The fourth-order valence-corrected chi connectivity index (χ4v) is 3.44. The summed E-state index contributed by atoms with van der Waals surface area (Å²) in [5, 5.41) is 0. The number of hydrogen-bond donors (Lipinski definition) is 0. The van der Waals surface area contributed by atoms with E-state index < -0.39 is 0 Å². The normalized spacial score (nSPS) is 14.8. The number of aryl methyl sites for hydroxylation is 1. The summed E-state index contributed by atoms with van der Waals surface area (Å²) >= 11 is 0. The highest BCUT2D eigenvalue weighted by Crippen LogP contribution is 2.34. The SMILES string of the molecule is C[B]c1ccc(/C(=C(\CC)C2=CCCC=C2)c2ccc(C)cc2)cc1. The van der Waals surface area contributed by atoms with Crippen LogP contribution in [0.3, 0.4) is 0 Å². The van der Waals surface area contributed by atoms with E-state index >= 15 is 0 Å². The van der Waals surface area contributed by atoms with E-state index in [0.29, 0.717) is 0 Å². The third-order valence-electron chi connectivity index (χ3n) is 4.87. The summed E-state index contributed by atoms with van der Waals surface area (Å²) in [6.07, 6.45) is 10.3. The molecule has 3 rings (SSSR count). The van der Waals surface area contributed by atoms with Gasteiger partial charge in [-0.25, -0.2) is 0 Å². The lowest BCUT2D eigenvalue weighted by molar-refractivity contribution is 1.00. The fraction of sp³-hybridized carbons (Fsp3) is 0.250. The molecule has 0 fully saturated rings. The lowest BCUT2D eigenvalue weighted by Gasteiger charge is -2.19. The molecular weight excluding hydrogens is 299 g/mol. The topological polar surface area (TPSA) is 0 Å². The summed E-state index contributed by atoms with van der Waals surface area (Å²) in [6.45, 7) is 6.49. The van der Waals surface area contributed by atoms with Crippen LogP contribution in [0.25, 0.3) is 5.57 Å². The zero-order valence-electron chi connectivity index (χ0n) is 15.5. The minimum absolute atomic E-state index is 1.03. The Balaban J connectivity index is 2.19. The molecule has 1 aliphatic rings. The quantitative estimate of drug-likeness (QED) is 0.604. The molecule has 0 heterocycles. The molecule has 0 aliphatic heterocycles. The summed E-state index contributed by atoms with van der Waals surface area (Å²) in [5.41, 5.74) is 9.35. The predicted octanol–water partition coefficient (Wildman–Crippen LogP) is 5.86. The van der Waals surface area contributed by atoms with Crippen LogP contribution in [0.5, 0.6) is 0 Å². The number of rotatable bonds is 5. The minimum Gasteiger partial charge on any atom is -0.0881 e. The van der Waals surface area contributed by atoms with Gasteiger partial charge in [0, 0.05) is 0 Å². The van der Waals surface area contributed by atoms with E-state index in [-0.39, 0.29) is 0 Å². The van der Waals surface area contributed by atoms with E-state index in [4.69, 9.17) is 0 Å². The number of benzene rings is 2. The Morgan fingerprint density at radius 1 is 0.920 bits per heavy atom. The smallest absolute Gasteiger partial charge is 0.0881 e. The predicted molar refractivity (Wildman–Crippen MR) is 112 cm³/mol. The molecule has 25 heavy (non-hydrogen) atoms. The van der Waals surface area contributed by atoms with Crippen molar-refractivity contribution in [2.45, 2.75) is 39.9 Å². The Labute approximate surface area is 153 Å². The maximum atomic E-state index is 2.39. The molecule has 0 amide bonds. The van der Waals surface area contributed by atoms with Crippen LogP contribution in [0.1, 0.15) is 42.9 Å². The zero-order chi connectivity index (χ0) is 17.6. The first-order valence-corrected chi connectivity index (χ1v) is 9.30. The van der Waals surface area contributed by atoms with E-state index in [1.807, 2.05) is 0 Å². The average Bonchev–Trinajstić information content (AvgIpc) is 2.68. The third kappa shape index (κ3) is 4.04. The van der Waals surface area contributed by atoms with Gasteiger partial charge in [-0.2, -0.15) is 0 Å². The molecule has 0 bridgehead atoms. The van der Waals surface area contributed by atoms with Gasteiger partial charge in [-0.05, 0) is 54.0 Å². The summed E-state index contributed by atoms with van der Waals surface area (Å²) in [5.74, 6) is 0. The molecule has 0 spiro atoms. The molecule has 0 saturated heterocycles. The number of allylic oxidation sites excluding steroid dienone is 5. The highest BCUT2D eigenvalue weighted by atomic mass is 14.2. The standard InChI is InChI=1S/C24H26B/c1-4-23(19-8-6-5-7-9-19)24(20-12-10-18(2)11-13-20)21-14-16-22(25-3)17-15-21/h6,8-17H,4-5,7H2,1-3H3/b24-23+. The van der Waals surface area contributed by atoms with Crippen molar-refractivity contribution in [1.82, 2.24) is 0 Å². The summed E-state index contributed by atoms with van der Waals surface area (Å²) < 4.78 is 0. The van der Waals surface area contributed by atoms with Crippen LogP contribution >= 0.6 is 0 Å². The Bertz CT molecular complexity index is 802. The van der Waals surface area contributed by atoms with Crippen molar-refractivity contribution in [1.29, 1.82) is 0 Å². The van der Waals surface area contributed by atoms with Gasteiger partial charge in [0.05, 0.1) is 0 Å². The van der Waals surface area contributed by atoms with Crippen LogP contribution < -0.4 is 5.46 Å². The van der Waals surface area contributed by atoms with Crippen molar-refractivity contribution in [2.24, 2.45) is 0 Å². The van der Waals surface area contributed by atoms with E-state index in [0.717, 1.165) is 19.3 Å². The molecule has 0 unspecified atom stereocenters. The molecule has 0 saturated carbocycles. The molecule has 1 aliphatic carbocycles. The molecule has 0 aromatic heterocycles. The van der Waals surface area contributed by atoms with Gasteiger partial charge >= 0.3 is 0 Å². The number of hydrogen-bond acceptors (Lipinski definition) is 0. The van der Waals surface area contributed by atoms with Crippen molar-refractivity contribution in [2.75, 3.05) is 0 Å². The van der Waals surface area contributed by atoms with Crippen molar-refractivity contribution < 1.29 is 0 Å². The second kappa shape index (κ2) is 8.20. The molecule has 2 aromatic rings. The minimum atomic E-state index is 1.03. The highest BCUT2D eigenvalue weighted by Gasteiger charge is 2.14. The van der Waals surface area contributed by atoms with Crippen LogP contribution in [0, 0.1) is 6.92 Å². The van der Waals surface area contributed by atoms with Crippen molar-refractivity contribution >= 4 is 18.3 Å².